The van der Waals surface area contributed by atoms with E-state index in [0.29, 0.717) is 12.3 Å². The van der Waals surface area contributed by atoms with E-state index in [1.165, 1.54) is 0 Å². The number of carboxylic acid groups (broad SMARTS) is 1. The van der Waals surface area contributed by atoms with E-state index in [-0.39, 0.29) is 23.5 Å². The molecule has 0 spiro atoms. The minimum absolute atomic E-state index is 0.00537. The predicted molar refractivity (Wildman–Crippen MR) is 52.9 cm³/mol. The van der Waals surface area contributed by atoms with Gasteiger partial charge in [-0.3, -0.25) is 9.59 Å². The van der Waals surface area contributed by atoms with Crippen molar-refractivity contribution in [1.82, 2.24) is 0 Å². The number of carbonyl (C=O) groups excluding carboxylic acids is 1. The van der Waals surface area contributed by atoms with Crippen LogP contribution in [-0.4, -0.2) is 16.9 Å². The number of hydrogen-bond acceptors (Lipinski definition) is 2. The van der Waals surface area contributed by atoms with Crippen LogP contribution in [0, 0.1) is 17.3 Å². The molecule has 3 nitrogen and oxygen atoms in total. The Balaban J connectivity index is 2.60. The first kappa shape index (κ1) is 11.2. The van der Waals surface area contributed by atoms with Gasteiger partial charge in [-0.1, -0.05) is 20.8 Å². The van der Waals surface area contributed by atoms with Crippen LogP contribution in [0.4, 0.5) is 0 Å². The molecule has 0 unspecified atom stereocenters. The molecule has 0 bridgehead atoms. The van der Waals surface area contributed by atoms with E-state index in [2.05, 4.69) is 20.8 Å². The minimum Gasteiger partial charge on any atom is -0.481 e. The van der Waals surface area contributed by atoms with Crippen LogP contribution in [0.15, 0.2) is 0 Å². The maximum absolute atomic E-state index is 11.5. The van der Waals surface area contributed by atoms with Crippen LogP contribution < -0.4 is 0 Å². The highest BCUT2D eigenvalue weighted by Crippen LogP contribution is 2.41. The summed E-state index contributed by atoms with van der Waals surface area (Å²) in [6.45, 7) is 6.32. The highest BCUT2D eigenvalue weighted by atomic mass is 16.4. The van der Waals surface area contributed by atoms with Crippen LogP contribution in [0.1, 0.15) is 40.0 Å². The molecular formula is C11H18O3. The van der Waals surface area contributed by atoms with Gasteiger partial charge in [0.1, 0.15) is 5.78 Å². The molecule has 14 heavy (non-hydrogen) atoms. The molecule has 0 radical (unpaired) electrons. The van der Waals surface area contributed by atoms with Gasteiger partial charge in [-0.05, 0) is 17.8 Å². The van der Waals surface area contributed by atoms with Crippen molar-refractivity contribution in [3.05, 3.63) is 0 Å². The third kappa shape index (κ3) is 2.56. The predicted octanol–water partition coefficient (Wildman–Crippen LogP) is 2.10. The summed E-state index contributed by atoms with van der Waals surface area (Å²) < 4.78 is 0. The lowest BCUT2D eigenvalue weighted by molar-refractivity contribution is -0.140. The average Bonchev–Trinajstić information content (AvgIpc) is 2.30. The molecule has 1 N–H and O–H groups in total. The van der Waals surface area contributed by atoms with E-state index in [1.54, 1.807) is 0 Å². The molecule has 1 rings (SSSR count). The Morgan fingerprint density at radius 2 is 2.07 bits per heavy atom. The summed E-state index contributed by atoms with van der Waals surface area (Å²) in [5, 5.41) is 8.63. The quantitative estimate of drug-likeness (QED) is 0.739. The van der Waals surface area contributed by atoms with Gasteiger partial charge >= 0.3 is 5.97 Å². The summed E-state index contributed by atoms with van der Waals surface area (Å²) in [6.07, 6.45) is 1.31. The van der Waals surface area contributed by atoms with Crippen molar-refractivity contribution in [2.75, 3.05) is 0 Å². The van der Waals surface area contributed by atoms with Gasteiger partial charge in [0.05, 0.1) is 6.42 Å². The van der Waals surface area contributed by atoms with Crippen molar-refractivity contribution < 1.29 is 14.7 Å². The van der Waals surface area contributed by atoms with Crippen LogP contribution in [0.25, 0.3) is 0 Å². The van der Waals surface area contributed by atoms with Crippen LogP contribution >= 0.6 is 0 Å². The molecular weight excluding hydrogens is 180 g/mol. The third-order valence-electron chi connectivity index (χ3n) is 3.12. The Hall–Kier alpha value is -0.860. The molecule has 1 saturated carbocycles. The number of carbonyl (C=O) groups is 2. The normalized spacial score (nSPS) is 28.1. The summed E-state index contributed by atoms with van der Waals surface area (Å²) in [4.78, 5) is 22.0. The SMILES string of the molecule is CC(C)(C)[C@H]1CC(=O)[C@@H](CC(=O)O)C1. The zero-order chi connectivity index (χ0) is 10.9. The number of rotatable bonds is 2. The van der Waals surface area contributed by atoms with Crippen LogP contribution in [0.2, 0.25) is 0 Å². The topological polar surface area (TPSA) is 54.4 Å². The monoisotopic (exact) mass is 198 g/mol. The van der Waals surface area contributed by atoms with Crippen molar-refractivity contribution in [2.24, 2.45) is 17.3 Å². The second-order valence-electron chi connectivity index (χ2n) is 5.26. The zero-order valence-electron chi connectivity index (χ0n) is 9.04. The summed E-state index contributed by atoms with van der Waals surface area (Å²) in [5.41, 5.74) is 0.114. The molecule has 1 aliphatic carbocycles. The smallest absolute Gasteiger partial charge is 0.304 e. The fourth-order valence-corrected chi connectivity index (χ4v) is 2.04. The van der Waals surface area contributed by atoms with E-state index in [0.717, 1.165) is 6.42 Å². The largest absolute Gasteiger partial charge is 0.481 e. The number of hydrogen-bond donors (Lipinski definition) is 1. The highest BCUT2D eigenvalue weighted by molar-refractivity contribution is 5.86. The molecule has 0 heterocycles. The van der Waals surface area contributed by atoms with Crippen molar-refractivity contribution >= 4 is 11.8 Å². The Bertz CT molecular complexity index is 250. The number of ketones is 1. The molecule has 0 aliphatic heterocycles. The lowest BCUT2D eigenvalue weighted by atomic mass is 9.79. The van der Waals surface area contributed by atoms with E-state index >= 15 is 0 Å². The minimum atomic E-state index is -0.863. The number of aliphatic carboxylic acids is 1. The molecule has 0 aromatic rings. The Kier molecular flexibility index (Phi) is 2.98. The van der Waals surface area contributed by atoms with E-state index in [9.17, 15) is 9.59 Å². The Labute approximate surface area is 84.5 Å². The molecule has 1 aliphatic rings. The molecule has 0 aromatic carbocycles. The van der Waals surface area contributed by atoms with Gasteiger partial charge in [-0.25, -0.2) is 0 Å². The summed E-state index contributed by atoms with van der Waals surface area (Å²) in [7, 11) is 0. The summed E-state index contributed by atoms with van der Waals surface area (Å²) in [5.74, 6) is -0.624. The molecule has 3 heteroatoms. The van der Waals surface area contributed by atoms with Crippen LogP contribution in [0.5, 0.6) is 0 Å². The van der Waals surface area contributed by atoms with Gasteiger partial charge in [0.2, 0.25) is 0 Å². The average molecular weight is 198 g/mol. The Morgan fingerprint density at radius 3 is 2.43 bits per heavy atom. The molecule has 0 aromatic heterocycles. The molecule has 2 atom stereocenters. The molecule has 80 valence electrons. The van der Waals surface area contributed by atoms with Gasteiger partial charge in [0, 0.05) is 12.3 Å². The van der Waals surface area contributed by atoms with Crippen molar-refractivity contribution in [2.45, 2.75) is 40.0 Å². The first-order valence-electron chi connectivity index (χ1n) is 5.05. The van der Waals surface area contributed by atoms with Gasteiger partial charge in [0.15, 0.2) is 0 Å². The second-order valence-corrected chi connectivity index (χ2v) is 5.26. The van der Waals surface area contributed by atoms with Crippen molar-refractivity contribution in [1.29, 1.82) is 0 Å². The fourth-order valence-electron chi connectivity index (χ4n) is 2.04. The van der Waals surface area contributed by atoms with Gasteiger partial charge in [-0.2, -0.15) is 0 Å². The first-order chi connectivity index (χ1) is 6.30. The molecule has 0 amide bonds. The second kappa shape index (κ2) is 3.71. The van der Waals surface area contributed by atoms with E-state index in [4.69, 9.17) is 5.11 Å². The van der Waals surface area contributed by atoms with E-state index < -0.39 is 5.97 Å². The van der Waals surface area contributed by atoms with Crippen LogP contribution in [0.3, 0.4) is 0 Å². The standard InChI is InChI=1S/C11H18O3/c1-11(2,3)8-4-7(5-10(13)14)9(12)6-8/h7-8H,4-6H2,1-3H3,(H,13,14)/t7-,8-/m1/s1. The van der Waals surface area contributed by atoms with Gasteiger partial charge < -0.3 is 5.11 Å². The van der Waals surface area contributed by atoms with E-state index in [1.807, 2.05) is 0 Å². The Morgan fingerprint density at radius 1 is 1.50 bits per heavy atom. The zero-order valence-corrected chi connectivity index (χ0v) is 9.04. The lowest BCUT2D eigenvalue weighted by Crippen LogP contribution is -2.17. The van der Waals surface area contributed by atoms with Gasteiger partial charge in [-0.15, -0.1) is 0 Å². The first-order valence-corrected chi connectivity index (χ1v) is 5.05. The summed E-state index contributed by atoms with van der Waals surface area (Å²) in [6, 6.07) is 0. The van der Waals surface area contributed by atoms with Gasteiger partial charge in [0.25, 0.3) is 0 Å². The highest BCUT2D eigenvalue weighted by Gasteiger charge is 2.39. The fraction of sp³-hybridized carbons (Fsp3) is 0.818. The van der Waals surface area contributed by atoms with Crippen molar-refractivity contribution in [3.8, 4) is 0 Å². The molecule has 0 saturated heterocycles. The van der Waals surface area contributed by atoms with Crippen LogP contribution in [-0.2, 0) is 9.59 Å². The maximum Gasteiger partial charge on any atom is 0.304 e. The third-order valence-corrected chi connectivity index (χ3v) is 3.12. The number of carboxylic acids is 1. The summed E-state index contributed by atoms with van der Waals surface area (Å²) >= 11 is 0. The molecule has 1 fully saturated rings. The number of Topliss-reactive ketones (excluding diaryl/α,β-unsaturated/α-hetero) is 1. The van der Waals surface area contributed by atoms with Crippen molar-refractivity contribution in [3.63, 3.8) is 0 Å². The maximum atomic E-state index is 11.5. The lowest BCUT2D eigenvalue weighted by Gasteiger charge is -2.26.